The zero-order valence-electron chi connectivity index (χ0n) is 7.36. The molecule has 0 unspecified atom stereocenters. The molecule has 1 aliphatic heterocycles. The van der Waals surface area contributed by atoms with Gasteiger partial charge in [-0.15, -0.1) is 0 Å². The second-order valence-electron chi connectivity index (χ2n) is 3.78. The number of nitriles is 1. The highest BCUT2D eigenvalue weighted by atomic mass is 16.3. The Kier molecular flexibility index (Phi) is 1.30. The van der Waals surface area contributed by atoms with Crippen molar-refractivity contribution in [2.45, 2.75) is 18.4 Å². The van der Waals surface area contributed by atoms with E-state index in [0.29, 0.717) is 5.56 Å². The van der Waals surface area contributed by atoms with Gasteiger partial charge in [-0.05, 0) is 12.5 Å². The van der Waals surface area contributed by atoms with Crippen LogP contribution < -0.4 is 5.32 Å². The van der Waals surface area contributed by atoms with Gasteiger partial charge in [-0.3, -0.25) is 4.79 Å². The number of hydrogen-bond donors (Lipinski definition) is 1. The number of nitrogens with one attached hydrogen (secondary N) is 1. The van der Waals surface area contributed by atoms with Gasteiger partial charge in [0, 0.05) is 5.92 Å². The predicted octanol–water partition coefficient (Wildman–Crippen LogP) is 1.02. The van der Waals surface area contributed by atoms with Crippen LogP contribution in [0.5, 0.6) is 0 Å². The van der Waals surface area contributed by atoms with Crippen molar-refractivity contribution in [1.29, 1.82) is 5.26 Å². The average Bonchev–Trinajstić information content (AvgIpc) is 2.60. The third-order valence-corrected chi connectivity index (χ3v) is 3.12. The van der Waals surface area contributed by atoms with Crippen LogP contribution in [-0.2, 0) is 0 Å². The molecule has 2 heterocycles. The molecular formula is C10H8N2O2. The summed E-state index contributed by atoms with van der Waals surface area (Å²) in [6.45, 7) is 0. The van der Waals surface area contributed by atoms with Crippen LogP contribution in [-0.4, -0.2) is 11.9 Å². The Morgan fingerprint density at radius 2 is 2.50 bits per heavy atom. The molecule has 4 nitrogen and oxygen atoms in total. The van der Waals surface area contributed by atoms with E-state index in [1.165, 1.54) is 6.26 Å². The summed E-state index contributed by atoms with van der Waals surface area (Å²) in [5, 5.41) is 11.6. The van der Waals surface area contributed by atoms with Gasteiger partial charge in [-0.1, -0.05) is 0 Å². The summed E-state index contributed by atoms with van der Waals surface area (Å²) in [6.07, 6.45) is 2.33. The molecule has 3 rings (SSSR count). The first-order valence-corrected chi connectivity index (χ1v) is 4.59. The summed E-state index contributed by atoms with van der Waals surface area (Å²) in [7, 11) is 0. The molecule has 1 aromatic rings. The van der Waals surface area contributed by atoms with Gasteiger partial charge < -0.3 is 9.73 Å². The number of hydrogen-bond acceptors (Lipinski definition) is 3. The zero-order chi connectivity index (χ0) is 9.71. The Balaban J connectivity index is 2.02. The summed E-state index contributed by atoms with van der Waals surface area (Å²) in [6, 6.07) is 3.83. The number of furan rings is 1. The third kappa shape index (κ3) is 0.746. The van der Waals surface area contributed by atoms with Crippen LogP contribution in [0.15, 0.2) is 16.7 Å². The first-order chi connectivity index (χ1) is 6.81. The summed E-state index contributed by atoms with van der Waals surface area (Å²) in [5.41, 5.74) is 0.627. The molecule has 1 aromatic heterocycles. The molecule has 3 atom stereocenters. The first kappa shape index (κ1) is 7.63. The number of rotatable bonds is 0. The van der Waals surface area contributed by atoms with Crippen LogP contribution in [0.1, 0.15) is 28.5 Å². The average molecular weight is 188 g/mol. The quantitative estimate of drug-likeness (QED) is 0.661. The standard InChI is InChI=1S/C10H8N2O2/c11-4-5-3-7-8(5)12-10(13)6-1-2-14-9(6)7/h1-2,5,7-8H,3H2,(H,12,13)/t5-,7-,8+/m0/s1. The molecule has 1 amide bonds. The Morgan fingerprint density at radius 3 is 3.29 bits per heavy atom. The van der Waals surface area contributed by atoms with Crippen LogP contribution in [0.25, 0.3) is 0 Å². The molecule has 0 spiro atoms. The van der Waals surface area contributed by atoms with Crippen molar-refractivity contribution in [2.24, 2.45) is 5.92 Å². The van der Waals surface area contributed by atoms with Crippen LogP contribution >= 0.6 is 0 Å². The molecule has 0 radical (unpaired) electrons. The Bertz CT molecular complexity index is 443. The molecule has 70 valence electrons. The molecule has 4 heteroatoms. The number of fused-ring (bicyclic) bond motifs is 3. The Labute approximate surface area is 80.5 Å². The minimum Gasteiger partial charge on any atom is -0.468 e. The Hall–Kier alpha value is -1.76. The van der Waals surface area contributed by atoms with E-state index in [1.807, 2.05) is 0 Å². The highest BCUT2D eigenvalue weighted by Crippen LogP contribution is 2.45. The van der Waals surface area contributed by atoms with Crippen LogP contribution in [0, 0.1) is 17.2 Å². The second-order valence-corrected chi connectivity index (χ2v) is 3.78. The van der Waals surface area contributed by atoms with E-state index in [4.69, 9.17) is 9.68 Å². The van der Waals surface area contributed by atoms with E-state index in [-0.39, 0.29) is 23.8 Å². The summed E-state index contributed by atoms with van der Waals surface area (Å²) in [4.78, 5) is 11.5. The molecule has 1 N–H and O–H groups in total. The van der Waals surface area contributed by atoms with E-state index in [0.717, 1.165) is 12.2 Å². The van der Waals surface area contributed by atoms with Gasteiger partial charge in [-0.2, -0.15) is 5.26 Å². The summed E-state index contributed by atoms with van der Waals surface area (Å²) < 4.78 is 5.28. The third-order valence-electron chi connectivity index (χ3n) is 3.12. The van der Waals surface area contributed by atoms with Gasteiger partial charge in [0.05, 0.1) is 29.9 Å². The first-order valence-electron chi connectivity index (χ1n) is 4.59. The fourth-order valence-electron chi connectivity index (χ4n) is 2.28. The van der Waals surface area contributed by atoms with Gasteiger partial charge >= 0.3 is 0 Å². The maximum atomic E-state index is 11.5. The molecule has 14 heavy (non-hydrogen) atoms. The van der Waals surface area contributed by atoms with E-state index in [1.54, 1.807) is 6.07 Å². The SMILES string of the molecule is N#C[C@@H]1C[C@@H]2c3occc3C(=O)N[C@H]12. The van der Waals surface area contributed by atoms with Crippen molar-refractivity contribution < 1.29 is 9.21 Å². The normalized spacial score (nSPS) is 33.4. The lowest BCUT2D eigenvalue weighted by Gasteiger charge is -2.43. The molecule has 0 aromatic carbocycles. The lowest BCUT2D eigenvalue weighted by Crippen LogP contribution is -2.55. The molecule has 1 aliphatic carbocycles. The van der Waals surface area contributed by atoms with E-state index >= 15 is 0 Å². The van der Waals surface area contributed by atoms with E-state index in [2.05, 4.69) is 11.4 Å². The van der Waals surface area contributed by atoms with Crippen molar-refractivity contribution in [3.8, 4) is 6.07 Å². The van der Waals surface area contributed by atoms with Crippen molar-refractivity contribution >= 4 is 5.91 Å². The monoisotopic (exact) mass is 188 g/mol. The van der Waals surface area contributed by atoms with Crippen LogP contribution in [0.3, 0.4) is 0 Å². The topological polar surface area (TPSA) is 66.0 Å². The fourth-order valence-corrected chi connectivity index (χ4v) is 2.28. The summed E-state index contributed by atoms with van der Waals surface area (Å²) >= 11 is 0. The lowest BCUT2D eigenvalue weighted by molar-refractivity contribution is 0.0819. The van der Waals surface area contributed by atoms with Gasteiger partial charge in [0.1, 0.15) is 5.76 Å². The molecule has 0 saturated heterocycles. The highest BCUT2D eigenvalue weighted by molar-refractivity contribution is 5.97. The maximum Gasteiger partial charge on any atom is 0.255 e. The molecule has 1 fully saturated rings. The van der Waals surface area contributed by atoms with Crippen molar-refractivity contribution in [3.05, 3.63) is 23.7 Å². The summed E-state index contributed by atoms with van der Waals surface area (Å²) in [5.74, 6) is 0.796. The van der Waals surface area contributed by atoms with E-state index in [9.17, 15) is 4.79 Å². The largest absolute Gasteiger partial charge is 0.468 e. The van der Waals surface area contributed by atoms with Gasteiger partial charge in [0.15, 0.2) is 0 Å². The minimum absolute atomic E-state index is 0.0360. The Morgan fingerprint density at radius 1 is 1.64 bits per heavy atom. The number of amides is 1. The number of nitrogens with zero attached hydrogens (tertiary/aromatic N) is 1. The molecule has 0 bridgehead atoms. The van der Waals surface area contributed by atoms with Crippen LogP contribution in [0.4, 0.5) is 0 Å². The number of carbonyl (C=O) groups is 1. The molecule has 1 saturated carbocycles. The minimum atomic E-state index is -0.116. The molecular weight excluding hydrogens is 180 g/mol. The van der Waals surface area contributed by atoms with Gasteiger partial charge in [0.2, 0.25) is 0 Å². The van der Waals surface area contributed by atoms with E-state index < -0.39 is 0 Å². The predicted molar refractivity (Wildman–Crippen MR) is 46.4 cm³/mol. The lowest BCUT2D eigenvalue weighted by atomic mass is 9.67. The highest BCUT2D eigenvalue weighted by Gasteiger charge is 2.49. The maximum absolute atomic E-state index is 11.5. The van der Waals surface area contributed by atoms with Crippen molar-refractivity contribution in [2.75, 3.05) is 0 Å². The second kappa shape index (κ2) is 2.38. The van der Waals surface area contributed by atoms with Crippen LogP contribution in [0.2, 0.25) is 0 Å². The number of carbonyl (C=O) groups excluding carboxylic acids is 1. The smallest absolute Gasteiger partial charge is 0.255 e. The van der Waals surface area contributed by atoms with Gasteiger partial charge in [0.25, 0.3) is 5.91 Å². The van der Waals surface area contributed by atoms with Gasteiger partial charge in [-0.25, -0.2) is 0 Å². The van der Waals surface area contributed by atoms with Crippen molar-refractivity contribution in [1.82, 2.24) is 5.32 Å². The van der Waals surface area contributed by atoms with Crippen molar-refractivity contribution in [3.63, 3.8) is 0 Å². The zero-order valence-corrected chi connectivity index (χ0v) is 7.36. The molecule has 2 aliphatic rings. The fraction of sp³-hybridized carbons (Fsp3) is 0.400.